The highest BCUT2D eigenvalue weighted by atomic mass is 16.2. The van der Waals surface area contributed by atoms with Gasteiger partial charge in [-0.15, -0.1) is 0 Å². The monoisotopic (exact) mass is 250 g/mol. The summed E-state index contributed by atoms with van der Waals surface area (Å²) < 4.78 is 0. The SMILES string of the molecule is CC(C)C1NC2(CC2)C(=O)N1CC1CCCCC1. The number of carbonyl (C=O) groups excluding carboxylic acids is 1. The Morgan fingerprint density at radius 3 is 2.50 bits per heavy atom. The first-order valence-corrected chi connectivity index (χ1v) is 7.71. The third-order valence-electron chi connectivity index (χ3n) is 4.99. The topological polar surface area (TPSA) is 32.3 Å². The van der Waals surface area contributed by atoms with Gasteiger partial charge in [0.25, 0.3) is 0 Å². The standard InChI is InChI=1S/C15H26N2O/c1-11(2)13-16-15(8-9-15)14(18)17(13)10-12-6-4-3-5-7-12/h11-13,16H,3-10H2,1-2H3. The van der Waals surface area contributed by atoms with Gasteiger partial charge in [-0.2, -0.15) is 0 Å². The third-order valence-corrected chi connectivity index (χ3v) is 4.99. The Morgan fingerprint density at radius 1 is 1.28 bits per heavy atom. The van der Waals surface area contributed by atoms with E-state index in [0.717, 1.165) is 25.3 Å². The van der Waals surface area contributed by atoms with Crippen LogP contribution in [0, 0.1) is 11.8 Å². The molecule has 0 radical (unpaired) electrons. The molecule has 3 fully saturated rings. The molecule has 1 heterocycles. The number of amides is 1. The Hall–Kier alpha value is -0.570. The lowest BCUT2D eigenvalue weighted by molar-refractivity contribution is -0.132. The molecule has 2 aliphatic carbocycles. The fourth-order valence-corrected chi connectivity index (χ4v) is 3.68. The van der Waals surface area contributed by atoms with E-state index < -0.39 is 0 Å². The summed E-state index contributed by atoms with van der Waals surface area (Å²) in [5.41, 5.74) is -0.135. The summed E-state index contributed by atoms with van der Waals surface area (Å²) in [5.74, 6) is 1.66. The van der Waals surface area contributed by atoms with Crippen molar-refractivity contribution >= 4 is 5.91 Å². The minimum absolute atomic E-state index is 0.135. The van der Waals surface area contributed by atoms with Crippen molar-refractivity contribution in [2.75, 3.05) is 6.54 Å². The van der Waals surface area contributed by atoms with Crippen molar-refractivity contribution in [1.29, 1.82) is 0 Å². The van der Waals surface area contributed by atoms with Gasteiger partial charge in [0.1, 0.15) is 0 Å². The molecule has 0 bridgehead atoms. The van der Waals surface area contributed by atoms with Crippen LogP contribution in [0.2, 0.25) is 0 Å². The minimum Gasteiger partial charge on any atom is -0.325 e. The molecule has 1 spiro atoms. The van der Waals surface area contributed by atoms with E-state index in [4.69, 9.17) is 0 Å². The maximum Gasteiger partial charge on any atom is 0.244 e. The highest BCUT2D eigenvalue weighted by Gasteiger charge is 2.59. The second kappa shape index (κ2) is 4.52. The van der Waals surface area contributed by atoms with Crippen LogP contribution < -0.4 is 5.32 Å². The number of nitrogens with zero attached hydrogens (tertiary/aromatic N) is 1. The van der Waals surface area contributed by atoms with E-state index >= 15 is 0 Å². The minimum atomic E-state index is -0.135. The van der Waals surface area contributed by atoms with Crippen molar-refractivity contribution in [2.45, 2.75) is 70.5 Å². The van der Waals surface area contributed by atoms with Crippen LogP contribution >= 0.6 is 0 Å². The highest BCUT2D eigenvalue weighted by molar-refractivity contribution is 5.91. The summed E-state index contributed by atoms with van der Waals surface area (Å²) >= 11 is 0. The molecule has 3 heteroatoms. The van der Waals surface area contributed by atoms with Gasteiger partial charge in [0.05, 0.1) is 11.7 Å². The van der Waals surface area contributed by atoms with Crippen molar-refractivity contribution in [3.63, 3.8) is 0 Å². The van der Waals surface area contributed by atoms with Crippen LogP contribution in [0.1, 0.15) is 58.8 Å². The molecule has 18 heavy (non-hydrogen) atoms. The molecule has 1 amide bonds. The van der Waals surface area contributed by atoms with E-state index in [1.54, 1.807) is 0 Å². The molecule has 1 N–H and O–H groups in total. The number of nitrogens with one attached hydrogen (secondary N) is 1. The van der Waals surface area contributed by atoms with Crippen LogP contribution in [0.3, 0.4) is 0 Å². The highest BCUT2D eigenvalue weighted by Crippen LogP contribution is 2.43. The largest absolute Gasteiger partial charge is 0.325 e. The fraction of sp³-hybridized carbons (Fsp3) is 0.933. The molecule has 3 nitrogen and oxygen atoms in total. The second-order valence-corrected chi connectivity index (χ2v) is 6.88. The van der Waals surface area contributed by atoms with Gasteiger partial charge in [-0.1, -0.05) is 33.1 Å². The van der Waals surface area contributed by atoms with Gasteiger partial charge < -0.3 is 4.90 Å². The average molecular weight is 250 g/mol. The van der Waals surface area contributed by atoms with E-state index in [-0.39, 0.29) is 11.7 Å². The number of rotatable bonds is 3. The van der Waals surface area contributed by atoms with Crippen molar-refractivity contribution in [1.82, 2.24) is 10.2 Å². The summed E-state index contributed by atoms with van der Waals surface area (Å²) in [6, 6.07) is 0. The van der Waals surface area contributed by atoms with Crippen LogP contribution in [0.4, 0.5) is 0 Å². The quantitative estimate of drug-likeness (QED) is 0.834. The summed E-state index contributed by atoms with van der Waals surface area (Å²) in [5, 5.41) is 3.61. The summed E-state index contributed by atoms with van der Waals surface area (Å²) in [6.45, 7) is 5.44. The van der Waals surface area contributed by atoms with Crippen LogP contribution in [-0.2, 0) is 4.79 Å². The zero-order valence-corrected chi connectivity index (χ0v) is 11.7. The Kier molecular flexibility index (Phi) is 3.13. The van der Waals surface area contributed by atoms with Crippen molar-refractivity contribution in [3.8, 4) is 0 Å². The van der Waals surface area contributed by atoms with E-state index in [1.165, 1.54) is 32.1 Å². The summed E-state index contributed by atoms with van der Waals surface area (Å²) in [7, 11) is 0. The molecule has 3 rings (SSSR count). The molecule has 2 saturated carbocycles. The summed E-state index contributed by atoms with van der Waals surface area (Å²) in [6.07, 6.45) is 9.13. The Balaban J connectivity index is 1.69. The van der Waals surface area contributed by atoms with Gasteiger partial charge >= 0.3 is 0 Å². The molecule has 0 aromatic rings. The van der Waals surface area contributed by atoms with Gasteiger partial charge in [-0.25, -0.2) is 0 Å². The fourth-order valence-electron chi connectivity index (χ4n) is 3.68. The van der Waals surface area contributed by atoms with Gasteiger partial charge in [0.2, 0.25) is 5.91 Å². The average Bonchev–Trinajstić information content (AvgIpc) is 3.09. The normalized spacial score (nSPS) is 31.6. The first-order valence-electron chi connectivity index (χ1n) is 7.71. The van der Waals surface area contributed by atoms with E-state index in [2.05, 4.69) is 24.1 Å². The number of hydrogen-bond donors (Lipinski definition) is 1. The molecule has 1 aliphatic heterocycles. The molecule has 1 atom stereocenters. The zero-order chi connectivity index (χ0) is 12.8. The van der Waals surface area contributed by atoms with E-state index in [0.29, 0.717) is 11.8 Å². The molecule has 102 valence electrons. The van der Waals surface area contributed by atoms with Crippen LogP contribution in [0.5, 0.6) is 0 Å². The maximum atomic E-state index is 12.5. The Bertz CT molecular complexity index is 329. The molecule has 1 saturated heterocycles. The van der Waals surface area contributed by atoms with Gasteiger partial charge in [0, 0.05) is 6.54 Å². The van der Waals surface area contributed by atoms with E-state index in [1.807, 2.05) is 0 Å². The summed E-state index contributed by atoms with van der Waals surface area (Å²) in [4.78, 5) is 14.7. The lowest BCUT2D eigenvalue weighted by atomic mass is 9.88. The molecule has 3 aliphatic rings. The van der Waals surface area contributed by atoms with Crippen LogP contribution in [0.15, 0.2) is 0 Å². The third kappa shape index (κ3) is 2.07. The van der Waals surface area contributed by atoms with Crippen molar-refractivity contribution < 1.29 is 4.79 Å². The van der Waals surface area contributed by atoms with Crippen LogP contribution in [-0.4, -0.2) is 29.1 Å². The maximum absolute atomic E-state index is 12.5. The second-order valence-electron chi connectivity index (χ2n) is 6.88. The Labute approximate surface area is 110 Å². The molecular weight excluding hydrogens is 224 g/mol. The first-order chi connectivity index (χ1) is 8.62. The molecule has 0 aromatic carbocycles. The zero-order valence-electron chi connectivity index (χ0n) is 11.7. The smallest absolute Gasteiger partial charge is 0.244 e. The predicted molar refractivity (Wildman–Crippen MR) is 72.0 cm³/mol. The predicted octanol–water partition coefficient (Wildman–Crippen LogP) is 2.51. The van der Waals surface area contributed by atoms with Gasteiger partial charge in [0.15, 0.2) is 0 Å². The van der Waals surface area contributed by atoms with Gasteiger partial charge in [-0.3, -0.25) is 10.1 Å². The van der Waals surface area contributed by atoms with E-state index in [9.17, 15) is 4.79 Å². The lowest BCUT2D eigenvalue weighted by Crippen LogP contribution is -2.44. The van der Waals surface area contributed by atoms with Crippen molar-refractivity contribution in [2.24, 2.45) is 11.8 Å². The number of hydrogen-bond acceptors (Lipinski definition) is 2. The first kappa shape index (κ1) is 12.5. The Morgan fingerprint density at radius 2 is 1.94 bits per heavy atom. The molecule has 0 aromatic heterocycles. The van der Waals surface area contributed by atoms with Gasteiger partial charge in [-0.05, 0) is 37.5 Å². The van der Waals surface area contributed by atoms with Crippen LogP contribution in [0.25, 0.3) is 0 Å². The number of carbonyl (C=O) groups is 1. The molecule has 1 unspecified atom stereocenters. The van der Waals surface area contributed by atoms with Crippen molar-refractivity contribution in [3.05, 3.63) is 0 Å². The molecular formula is C15H26N2O. The lowest BCUT2D eigenvalue weighted by Gasteiger charge is -2.32.